The number of nitrogens with one attached hydrogen (secondary N) is 4. The van der Waals surface area contributed by atoms with Crippen LogP contribution in [-0.4, -0.2) is 22.6 Å². The number of carbonyl (C=O) groups is 1. The predicted molar refractivity (Wildman–Crippen MR) is 93.3 cm³/mol. The fraction of sp³-hybridized carbons (Fsp3) is 0.176. The summed E-state index contributed by atoms with van der Waals surface area (Å²) >= 11 is 0. The van der Waals surface area contributed by atoms with Gasteiger partial charge in [-0.1, -0.05) is 12.1 Å². The van der Waals surface area contributed by atoms with Crippen molar-refractivity contribution in [2.45, 2.75) is 13.5 Å². The number of aromatic nitrogens is 2. The number of ether oxygens (including phenoxy) is 1. The van der Waals surface area contributed by atoms with Crippen LogP contribution in [0.2, 0.25) is 0 Å². The van der Waals surface area contributed by atoms with Crippen molar-refractivity contribution in [3.8, 4) is 0 Å². The Hall–Kier alpha value is -3.06. The normalized spacial score (nSPS) is 10.7. The van der Waals surface area contributed by atoms with Gasteiger partial charge < -0.3 is 25.3 Å². The van der Waals surface area contributed by atoms with E-state index in [4.69, 9.17) is 4.74 Å². The molecule has 4 N–H and O–H groups in total. The molecule has 0 radical (unpaired) electrons. The SMILES string of the molecule is CCOCc1ccc(NC(=O)Nc2c[nH]c3cc(=O)[nH]cc23)cc1. The van der Waals surface area contributed by atoms with Gasteiger partial charge in [0.25, 0.3) is 0 Å². The molecule has 2 heterocycles. The quantitative estimate of drug-likeness (QED) is 0.580. The molecule has 0 aliphatic carbocycles. The number of fused-ring (bicyclic) bond motifs is 1. The van der Waals surface area contributed by atoms with Crippen molar-refractivity contribution in [2.24, 2.45) is 0 Å². The van der Waals surface area contributed by atoms with E-state index in [9.17, 15) is 9.59 Å². The number of aromatic amines is 2. The highest BCUT2D eigenvalue weighted by molar-refractivity contribution is 6.05. The summed E-state index contributed by atoms with van der Waals surface area (Å²) in [7, 11) is 0. The van der Waals surface area contributed by atoms with Crippen LogP contribution < -0.4 is 16.2 Å². The predicted octanol–water partition coefficient (Wildman–Crippen LogP) is 3.04. The zero-order valence-electron chi connectivity index (χ0n) is 13.2. The molecule has 2 amide bonds. The molecule has 0 atom stereocenters. The van der Waals surface area contributed by atoms with Gasteiger partial charge >= 0.3 is 6.03 Å². The summed E-state index contributed by atoms with van der Waals surface area (Å²) in [5, 5.41) is 6.25. The maximum atomic E-state index is 12.1. The van der Waals surface area contributed by atoms with Crippen LogP contribution in [0, 0.1) is 0 Å². The Morgan fingerprint density at radius 3 is 2.67 bits per heavy atom. The highest BCUT2D eigenvalue weighted by Gasteiger charge is 2.08. The van der Waals surface area contributed by atoms with Crippen molar-refractivity contribution in [1.82, 2.24) is 9.97 Å². The van der Waals surface area contributed by atoms with Gasteiger partial charge in [-0.15, -0.1) is 0 Å². The van der Waals surface area contributed by atoms with E-state index >= 15 is 0 Å². The van der Waals surface area contributed by atoms with E-state index in [0.29, 0.717) is 30.1 Å². The van der Waals surface area contributed by atoms with Gasteiger partial charge in [-0.3, -0.25) is 4.79 Å². The molecular weight excluding hydrogens is 308 g/mol. The van der Waals surface area contributed by atoms with Crippen molar-refractivity contribution >= 4 is 28.3 Å². The Labute approximate surface area is 138 Å². The zero-order valence-corrected chi connectivity index (χ0v) is 13.2. The van der Waals surface area contributed by atoms with E-state index in [2.05, 4.69) is 20.6 Å². The lowest BCUT2D eigenvalue weighted by molar-refractivity contribution is 0.134. The van der Waals surface area contributed by atoms with E-state index < -0.39 is 0 Å². The molecule has 2 aromatic heterocycles. The number of pyridine rings is 1. The average Bonchev–Trinajstić information content (AvgIpc) is 2.96. The largest absolute Gasteiger partial charge is 0.377 e. The summed E-state index contributed by atoms with van der Waals surface area (Å²) in [6.07, 6.45) is 3.20. The third-order valence-electron chi connectivity index (χ3n) is 3.52. The lowest BCUT2D eigenvalue weighted by Crippen LogP contribution is -2.19. The topological polar surface area (TPSA) is 99.0 Å². The second-order valence-electron chi connectivity index (χ2n) is 5.24. The number of carbonyl (C=O) groups excluding carboxylic acids is 1. The van der Waals surface area contributed by atoms with Crippen LogP contribution in [0.5, 0.6) is 0 Å². The maximum Gasteiger partial charge on any atom is 0.323 e. The van der Waals surface area contributed by atoms with E-state index in [0.717, 1.165) is 10.9 Å². The zero-order chi connectivity index (χ0) is 16.9. The number of hydrogen-bond acceptors (Lipinski definition) is 3. The number of urea groups is 1. The molecule has 7 nitrogen and oxygen atoms in total. The van der Waals surface area contributed by atoms with Crippen LogP contribution in [0.1, 0.15) is 12.5 Å². The molecule has 1 aromatic carbocycles. The summed E-state index contributed by atoms with van der Waals surface area (Å²) < 4.78 is 5.33. The monoisotopic (exact) mass is 326 g/mol. The Balaban J connectivity index is 1.65. The van der Waals surface area contributed by atoms with Gasteiger partial charge in [0.15, 0.2) is 0 Å². The van der Waals surface area contributed by atoms with E-state index in [1.807, 2.05) is 31.2 Å². The minimum atomic E-state index is -0.361. The number of hydrogen-bond donors (Lipinski definition) is 4. The number of H-pyrrole nitrogens is 2. The standard InChI is InChI=1S/C17H18N4O3/c1-2-24-10-11-3-5-12(6-4-11)20-17(23)21-15-9-18-14-7-16(22)19-8-13(14)15/h3-9,18H,2,10H2,1H3,(H,19,22)(H2,20,21,23). The molecule has 3 aromatic rings. The summed E-state index contributed by atoms with van der Waals surface area (Å²) in [4.78, 5) is 28.9. The van der Waals surface area contributed by atoms with Gasteiger partial charge in [-0.2, -0.15) is 0 Å². The molecule has 0 aliphatic heterocycles. The van der Waals surface area contributed by atoms with Crippen molar-refractivity contribution in [1.29, 1.82) is 0 Å². The molecule has 0 fully saturated rings. The van der Waals surface area contributed by atoms with Crippen molar-refractivity contribution < 1.29 is 9.53 Å². The lowest BCUT2D eigenvalue weighted by atomic mass is 10.2. The molecule has 0 saturated carbocycles. The van der Waals surface area contributed by atoms with Gasteiger partial charge in [-0.25, -0.2) is 4.79 Å². The molecule has 0 saturated heterocycles. The molecule has 24 heavy (non-hydrogen) atoms. The molecule has 7 heteroatoms. The number of benzene rings is 1. The van der Waals surface area contributed by atoms with E-state index in [-0.39, 0.29) is 11.6 Å². The van der Waals surface area contributed by atoms with E-state index in [1.165, 1.54) is 6.07 Å². The highest BCUT2D eigenvalue weighted by Crippen LogP contribution is 2.21. The van der Waals surface area contributed by atoms with Gasteiger partial charge in [0.1, 0.15) is 0 Å². The first-order valence-electron chi connectivity index (χ1n) is 7.60. The molecule has 0 unspecified atom stereocenters. The summed E-state index contributed by atoms with van der Waals surface area (Å²) in [6.45, 7) is 3.16. The van der Waals surface area contributed by atoms with Crippen LogP contribution in [0.4, 0.5) is 16.2 Å². The van der Waals surface area contributed by atoms with Crippen LogP contribution in [0.25, 0.3) is 10.9 Å². The summed E-state index contributed by atoms with van der Waals surface area (Å²) in [5.74, 6) is 0. The van der Waals surface area contributed by atoms with Crippen molar-refractivity contribution in [3.05, 3.63) is 58.6 Å². The summed E-state index contributed by atoms with van der Waals surface area (Å²) in [6, 6.07) is 8.53. The Morgan fingerprint density at radius 1 is 1.12 bits per heavy atom. The van der Waals surface area contributed by atoms with Crippen LogP contribution in [0.3, 0.4) is 0 Å². The third kappa shape index (κ3) is 3.64. The molecule has 0 spiro atoms. The number of amides is 2. The van der Waals surface area contributed by atoms with Crippen LogP contribution in [0.15, 0.2) is 47.5 Å². The third-order valence-corrected chi connectivity index (χ3v) is 3.52. The van der Waals surface area contributed by atoms with Gasteiger partial charge in [-0.05, 0) is 24.6 Å². The van der Waals surface area contributed by atoms with Crippen LogP contribution in [-0.2, 0) is 11.3 Å². The Kier molecular flexibility index (Phi) is 4.62. The lowest BCUT2D eigenvalue weighted by Gasteiger charge is -2.08. The fourth-order valence-corrected chi connectivity index (χ4v) is 2.33. The first-order chi connectivity index (χ1) is 11.7. The molecular formula is C17H18N4O3. The summed E-state index contributed by atoms with van der Waals surface area (Å²) in [5.41, 5.74) is 2.78. The number of rotatable bonds is 5. The molecule has 3 rings (SSSR count). The van der Waals surface area contributed by atoms with E-state index in [1.54, 1.807) is 12.4 Å². The average molecular weight is 326 g/mol. The minimum absolute atomic E-state index is 0.201. The molecule has 0 bridgehead atoms. The van der Waals surface area contributed by atoms with Crippen LogP contribution >= 0.6 is 0 Å². The number of anilines is 2. The molecule has 124 valence electrons. The molecule has 0 aliphatic rings. The Morgan fingerprint density at radius 2 is 1.92 bits per heavy atom. The van der Waals surface area contributed by atoms with Crippen molar-refractivity contribution in [3.63, 3.8) is 0 Å². The van der Waals surface area contributed by atoms with Crippen molar-refractivity contribution in [2.75, 3.05) is 17.2 Å². The maximum absolute atomic E-state index is 12.1. The Bertz CT molecular complexity index is 896. The smallest absolute Gasteiger partial charge is 0.323 e. The van der Waals surface area contributed by atoms with Gasteiger partial charge in [0.05, 0.1) is 17.8 Å². The van der Waals surface area contributed by atoms with Gasteiger partial charge in [0, 0.05) is 36.1 Å². The fourth-order valence-electron chi connectivity index (χ4n) is 2.33. The first-order valence-corrected chi connectivity index (χ1v) is 7.60. The second kappa shape index (κ2) is 7.01. The second-order valence-corrected chi connectivity index (χ2v) is 5.24. The minimum Gasteiger partial charge on any atom is -0.377 e. The van der Waals surface area contributed by atoms with Gasteiger partial charge in [0.2, 0.25) is 5.56 Å². The first kappa shape index (κ1) is 15.8. The highest BCUT2D eigenvalue weighted by atomic mass is 16.5.